The van der Waals surface area contributed by atoms with Crippen LogP contribution in [0.15, 0.2) is 12.1 Å². The maximum absolute atomic E-state index is 12.0. The molecular formula is C11H12Cl2N2O5. The molecule has 0 saturated heterocycles. The molecule has 0 atom stereocenters. The van der Waals surface area contributed by atoms with E-state index >= 15 is 0 Å². The van der Waals surface area contributed by atoms with Crippen LogP contribution in [-0.2, 0) is 0 Å². The molecule has 9 heteroatoms. The van der Waals surface area contributed by atoms with Crippen LogP contribution < -0.4 is 5.32 Å². The van der Waals surface area contributed by atoms with Crippen LogP contribution in [0, 0.1) is 10.1 Å². The van der Waals surface area contributed by atoms with Crippen molar-refractivity contribution in [3.05, 3.63) is 37.9 Å². The first-order valence-electron chi connectivity index (χ1n) is 5.42. The molecule has 7 nitrogen and oxygen atoms in total. The topological polar surface area (TPSA) is 113 Å². The Morgan fingerprint density at radius 2 is 1.95 bits per heavy atom. The van der Waals surface area contributed by atoms with Crippen LogP contribution in [0.25, 0.3) is 0 Å². The fourth-order valence-electron chi connectivity index (χ4n) is 1.32. The van der Waals surface area contributed by atoms with E-state index in [9.17, 15) is 14.9 Å². The lowest BCUT2D eigenvalue weighted by Crippen LogP contribution is -2.51. The molecule has 0 fully saturated rings. The van der Waals surface area contributed by atoms with Crippen LogP contribution in [0.2, 0.25) is 10.0 Å². The molecule has 0 aliphatic carbocycles. The summed E-state index contributed by atoms with van der Waals surface area (Å²) in [5.74, 6) is -0.786. The zero-order valence-electron chi connectivity index (χ0n) is 10.4. The molecule has 1 amide bonds. The Hall–Kier alpha value is -1.41. The second-order valence-corrected chi connectivity index (χ2v) is 5.16. The smallest absolute Gasteiger partial charge is 0.271 e. The third-order valence-corrected chi connectivity index (χ3v) is 3.38. The summed E-state index contributed by atoms with van der Waals surface area (Å²) in [6, 6.07) is 2.00. The van der Waals surface area contributed by atoms with Crippen LogP contribution in [0.4, 0.5) is 5.69 Å². The van der Waals surface area contributed by atoms with Crippen molar-refractivity contribution >= 4 is 34.8 Å². The van der Waals surface area contributed by atoms with Crippen molar-refractivity contribution in [2.75, 3.05) is 13.2 Å². The lowest BCUT2D eigenvalue weighted by Gasteiger charge is -2.26. The standard InChI is InChI=1S/C11H12Cl2N2O5/c1-11(4-16,5-17)14-10(18)7-2-6(15(19)20)3-8(12)9(7)13/h2-3,16-17H,4-5H2,1H3,(H,14,18). The minimum atomic E-state index is -1.28. The number of carbonyl (C=O) groups excluding carboxylic acids is 1. The highest BCUT2D eigenvalue weighted by atomic mass is 35.5. The van der Waals surface area contributed by atoms with E-state index in [2.05, 4.69) is 5.32 Å². The number of rotatable bonds is 5. The first-order valence-corrected chi connectivity index (χ1v) is 6.17. The number of hydrogen-bond donors (Lipinski definition) is 3. The minimum absolute atomic E-state index is 0.138. The maximum Gasteiger partial charge on any atom is 0.271 e. The number of carbonyl (C=O) groups is 1. The van der Waals surface area contributed by atoms with E-state index in [4.69, 9.17) is 33.4 Å². The molecule has 20 heavy (non-hydrogen) atoms. The van der Waals surface area contributed by atoms with Crippen molar-refractivity contribution in [3.8, 4) is 0 Å². The van der Waals surface area contributed by atoms with Gasteiger partial charge in [0.2, 0.25) is 0 Å². The van der Waals surface area contributed by atoms with Crippen LogP contribution >= 0.6 is 23.2 Å². The average Bonchev–Trinajstić information content (AvgIpc) is 2.41. The van der Waals surface area contributed by atoms with E-state index in [-0.39, 0.29) is 21.3 Å². The summed E-state index contributed by atoms with van der Waals surface area (Å²) >= 11 is 11.6. The van der Waals surface area contributed by atoms with Crippen molar-refractivity contribution in [3.63, 3.8) is 0 Å². The lowest BCUT2D eigenvalue weighted by molar-refractivity contribution is -0.384. The third kappa shape index (κ3) is 3.57. The van der Waals surface area contributed by atoms with Gasteiger partial charge in [0.1, 0.15) is 0 Å². The number of aliphatic hydroxyl groups is 2. The molecule has 0 aliphatic heterocycles. The lowest BCUT2D eigenvalue weighted by atomic mass is 10.0. The third-order valence-electron chi connectivity index (χ3n) is 2.58. The summed E-state index contributed by atoms with van der Waals surface area (Å²) in [7, 11) is 0. The van der Waals surface area contributed by atoms with Crippen molar-refractivity contribution in [2.24, 2.45) is 0 Å². The van der Waals surface area contributed by atoms with Crippen molar-refractivity contribution in [2.45, 2.75) is 12.5 Å². The number of halogens is 2. The molecule has 0 unspecified atom stereocenters. The Balaban J connectivity index is 3.19. The number of nitrogens with one attached hydrogen (secondary N) is 1. The second-order valence-electron chi connectivity index (χ2n) is 4.38. The van der Waals surface area contributed by atoms with Crippen molar-refractivity contribution < 1.29 is 19.9 Å². The Morgan fingerprint density at radius 3 is 2.40 bits per heavy atom. The first-order chi connectivity index (χ1) is 9.24. The predicted octanol–water partition coefficient (Wildman–Crippen LogP) is 1.37. The Bertz CT molecular complexity index is 546. The van der Waals surface area contributed by atoms with Gasteiger partial charge in [0.25, 0.3) is 11.6 Å². The Kier molecular flexibility index (Phi) is 5.29. The summed E-state index contributed by atoms with van der Waals surface area (Å²) in [5, 5.41) is 31.0. The highest BCUT2D eigenvalue weighted by Gasteiger charge is 2.27. The highest BCUT2D eigenvalue weighted by molar-refractivity contribution is 6.44. The van der Waals surface area contributed by atoms with Gasteiger partial charge in [-0.1, -0.05) is 23.2 Å². The number of nitrogens with zero attached hydrogens (tertiary/aromatic N) is 1. The molecule has 0 radical (unpaired) electrons. The van der Waals surface area contributed by atoms with Gasteiger partial charge in [-0.3, -0.25) is 14.9 Å². The number of nitro benzene ring substituents is 1. The molecular weight excluding hydrogens is 311 g/mol. The number of hydrogen-bond acceptors (Lipinski definition) is 5. The summed E-state index contributed by atoms with van der Waals surface area (Å²) in [4.78, 5) is 22.0. The van der Waals surface area contributed by atoms with E-state index < -0.39 is 29.6 Å². The molecule has 1 aromatic carbocycles. The summed E-state index contributed by atoms with van der Waals surface area (Å²) in [6.07, 6.45) is 0. The van der Waals surface area contributed by atoms with E-state index in [1.54, 1.807) is 0 Å². The Morgan fingerprint density at radius 1 is 1.40 bits per heavy atom. The fourth-order valence-corrected chi connectivity index (χ4v) is 1.72. The van der Waals surface area contributed by atoms with Gasteiger partial charge in [0.15, 0.2) is 0 Å². The molecule has 0 bridgehead atoms. The van der Waals surface area contributed by atoms with Crippen LogP contribution in [-0.4, -0.2) is 39.8 Å². The first kappa shape index (κ1) is 16.6. The normalized spacial score (nSPS) is 11.2. The average molecular weight is 323 g/mol. The number of nitro groups is 1. The summed E-state index contributed by atoms with van der Waals surface area (Å²) in [6.45, 7) is 0.364. The molecule has 0 saturated carbocycles. The number of benzene rings is 1. The minimum Gasteiger partial charge on any atom is -0.394 e. The summed E-state index contributed by atoms with van der Waals surface area (Å²) in [5.41, 5.74) is -1.88. The van der Waals surface area contributed by atoms with E-state index in [1.807, 2.05) is 0 Å². The summed E-state index contributed by atoms with van der Waals surface area (Å²) < 4.78 is 0. The largest absolute Gasteiger partial charge is 0.394 e. The highest BCUT2D eigenvalue weighted by Crippen LogP contribution is 2.31. The van der Waals surface area contributed by atoms with Gasteiger partial charge in [-0.15, -0.1) is 0 Å². The van der Waals surface area contributed by atoms with E-state index in [0.717, 1.165) is 12.1 Å². The van der Waals surface area contributed by atoms with Gasteiger partial charge in [0, 0.05) is 12.1 Å². The molecule has 3 N–H and O–H groups in total. The SMILES string of the molecule is CC(CO)(CO)NC(=O)c1cc([N+](=O)[O-])cc(Cl)c1Cl. The molecule has 0 heterocycles. The second kappa shape index (κ2) is 6.36. The number of amides is 1. The van der Waals surface area contributed by atoms with Crippen LogP contribution in [0.5, 0.6) is 0 Å². The molecule has 0 spiro atoms. The number of non-ortho nitro benzene ring substituents is 1. The van der Waals surface area contributed by atoms with Gasteiger partial charge in [-0.05, 0) is 6.92 Å². The molecule has 1 rings (SSSR count). The molecule has 0 aromatic heterocycles. The number of aliphatic hydroxyl groups excluding tert-OH is 2. The van der Waals surface area contributed by atoms with E-state index in [0.29, 0.717) is 0 Å². The van der Waals surface area contributed by atoms with Gasteiger partial charge in [-0.2, -0.15) is 0 Å². The monoisotopic (exact) mass is 322 g/mol. The molecule has 110 valence electrons. The van der Waals surface area contributed by atoms with Gasteiger partial charge in [-0.25, -0.2) is 0 Å². The fraction of sp³-hybridized carbons (Fsp3) is 0.364. The van der Waals surface area contributed by atoms with Crippen molar-refractivity contribution in [1.29, 1.82) is 0 Å². The van der Waals surface area contributed by atoms with Crippen LogP contribution in [0.3, 0.4) is 0 Å². The van der Waals surface area contributed by atoms with E-state index in [1.165, 1.54) is 6.92 Å². The van der Waals surface area contributed by atoms with Gasteiger partial charge < -0.3 is 15.5 Å². The molecule has 0 aliphatic rings. The quantitative estimate of drug-likeness (QED) is 0.559. The van der Waals surface area contributed by atoms with Crippen LogP contribution in [0.1, 0.15) is 17.3 Å². The maximum atomic E-state index is 12.0. The van der Waals surface area contributed by atoms with Gasteiger partial charge >= 0.3 is 0 Å². The zero-order valence-corrected chi connectivity index (χ0v) is 11.9. The van der Waals surface area contributed by atoms with Gasteiger partial charge in [0.05, 0.1) is 39.3 Å². The predicted molar refractivity (Wildman–Crippen MR) is 73.2 cm³/mol. The zero-order chi connectivity index (χ0) is 15.5. The Labute approximate surface area is 124 Å². The molecule has 1 aromatic rings. The van der Waals surface area contributed by atoms with Crippen molar-refractivity contribution in [1.82, 2.24) is 5.32 Å².